The number of furan rings is 1. The number of para-hydroxylation sites is 3. The van der Waals surface area contributed by atoms with Crippen LogP contribution in [0, 0.1) is 0 Å². The summed E-state index contributed by atoms with van der Waals surface area (Å²) in [5.74, 6) is 0. The first kappa shape index (κ1) is 20.2. The van der Waals surface area contributed by atoms with E-state index in [4.69, 9.17) is 4.42 Å². The van der Waals surface area contributed by atoms with Gasteiger partial charge in [-0.2, -0.15) is 0 Å². The van der Waals surface area contributed by atoms with Gasteiger partial charge < -0.3 is 14.3 Å². The Morgan fingerprint density at radius 1 is 0.514 bits per heavy atom. The van der Waals surface area contributed by atoms with Crippen molar-refractivity contribution in [2.75, 3.05) is 4.90 Å². The van der Waals surface area contributed by atoms with Gasteiger partial charge >= 0.3 is 0 Å². The van der Waals surface area contributed by atoms with Crippen LogP contribution in [0.2, 0.25) is 0 Å². The molecule has 0 unspecified atom stereocenters. The van der Waals surface area contributed by atoms with Crippen LogP contribution in [0.4, 0.5) is 17.1 Å². The fraction of sp³-hybridized carbons (Fsp3) is 0. The van der Waals surface area contributed by atoms with Crippen LogP contribution < -0.4 is 4.90 Å². The largest absolute Gasteiger partial charge is 0.454 e. The minimum Gasteiger partial charge on any atom is -0.454 e. The highest BCUT2D eigenvalue weighted by molar-refractivity contribution is 6.27. The van der Waals surface area contributed by atoms with Crippen LogP contribution in [0.15, 0.2) is 132 Å². The van der Waals surface area contributed by atoms with Crippen molar-refractivity contribution in [2.45, 2.75) is 0 Å². The van der Waals surface area contributed by atoms with Gasteiger partial charge in [0.25, 0.3) is 0 Å². The molecule has 0 atom stereocenters. The summed E-state index contributed by atoms with van der Waals surface area (Å²) >= 11 is 0. The van der Waals surface area contributed by atoms with Crippen LogP contribution in [-0.4, -0.2) is 4.98 Å². The Kier molecular flexibility index (Phi) is 4.23. The Bertz CT molecular complexity index is 2050. The molecule has 0 radical (unpaired) electrons. The number of hydrogen-bond acceptors (Lipinski definition) is 2. The Hall–Kier alpha value is -5.02. The van der Waals surface area contributed by atoms with Gasteiger partial charge in [0.1, 0.15) is 5.58 Å². The maximum absolute atomic E-state index is 6.71. The molecule has 0 amide bonds. The van der Waals surface area contributed by atoms with Gasteiger partial charge in [0.05, 0.1) is 11.2 Å². The van der Waals surface area contributed by atoms with E-state index < -0.39 is 0 Å². The zero-order chi connectivity index (χ0) is 24.3. The van der Waals surface area contributed by atoms with Gasteiger partial charge in [0.15, 0.2) is 5.58 Å². The molecule has 8 rings (SSSR count). The highest BCUT2D eigenvalue weighted by Gasteiger charge is 2.21. The van der Waals surface area contributed by atoms with E-state index in [1.807, 2.05) is 0 Å². The van der Waals surface area contributed by atoms with Gasteiger partial charge in [-0.1, -0.05) is 84.9 Å². The Balaban J connectivity index is 1.50. The molecule has 2 aromatic heterocycles. The number of nitrogens with one attached hydrogen (secondary N) is 1. The molecular weight excluding hydrogens is 452 g/mol. The summed E-state index contributed by atoms with van der Waals surface area (Å²) in [4.78, 5) is 5.93. The van der Waals surface area contributed by atoms with Crippen LogP contribution in [-0.2, 0) is 0 Å². The van der Waals surface area contributed by atoms with Gasteiger partial charge in [0.2, 0.25) is 0 Å². The summed E-state index contributed by atoms with van der Waals surface area (Å²) in [5, 5.41) is 7.04. The summed E-state index contributed by atoms with van der Waals surface area (Å²) in [5.41, 5.74) is 7.25. The summed E-state index contributed by atoms with van der Waals surface area (Å²) in [6.45, 7) is 0. The summed E-state index contributed by atoms with van der Waals surface area (Å²) < 4.78 is 6.71. The first-order chi connectivity index (χ1) is 18.4. The number of benzene rings is 6. The predicted molar refractivity (Wildman–Crippen MR) is 155 cm³/mol. The number of rotatable bonds is 3. The first-order valence-corrected chi connectivity index (χ1v) is 12.5. The third-order valence-corrected chi connectivity index (χ3v) is 7.37. The Morgan fingerprint density at radius 3 is 1.84 bits per heavy atom. The molecule has 37 heavy (non-hydrogen) atoms. The number of fused-ring (bicyclic) bond motifs is 9. The number of hydrogen-bond donors (Lipinski definition) is 1. The molecule has 3 nitrogen and oxygen atoms in total. The van der Waals surface area contributed by atoms with Crippen molar-refractivity contribution in [3.05, 3.63) is 127 Å². The molecule has 0 saturated carbocycles. The fourth-order valence-electron chi connectivity index (χ4n) is 5.76. The first-order valence-electron chi connectivity index (χ1n) is 12.5. The fourth-order valence-corrected chi connectivity index (χ4v) is 5.76. The average Bonchev–Trinajstić information content (AvgIpc) is 3.53. The molecule has 0 fully saturated rings. The second kappa shape index (κ2) is 7.74. The maximum atomic E-state index is 6.71. The maximum Gasteiger partial charge on any atom is 0.159 e. The van der Waals surface area contributed by atoms with E-state index in [1.54, 1.807) is 0 Å². The number of aromatic nitrogens is 1. The lowest BCUT2D eigenvalue weighted by Crippen LogP contribution is -2.10. The minimum absolute atomic E-state index is 0.881. The summed E-state index contributed by atoms with van der Waals surface area (Å²) in [6, 6.07) is 44.7. The Labute approximate surface area is 213 Å². The average molecular weight is 475 g/mol. The second-order valence-corrected chi connectivity index (χ2v) is 9.46. The molecule has 174 valence electrons. The van der Waals surface area contributed by atoms with Gasteiger partial charge in [-0.15, -0.1) is 0 Å². The quantitative estimate of drug-likeness (QED) is 0.276. The number of aromatic amines is 1. The third kappa shape index (κ3) is 2.95. The summed E-state index contributed by atoms with van der Waals surface area (Å²) in [7, 11) is 0. The molecule has 0 aliphatic carbocycles. The lowest BCUT2D eigenvalue weighted by Gasteiger charge is -2.26. The molecule has 0 spiro atoms. The Morgan fingerprint density at radius 2 is 1.11 bits per heavy atom. The standard InChI is InChI=1S/C34H22N2O/c1-3-11-22(12-4-1)36(23-13-5-2-6-14-23)30-21-31-32(26-17-8-7-16-25(26)30)28-20-19-27-24-15-9-10-18-29(24)35-33(27)34(28)37-31/h1-21,35H. The molecular formula is C34H22N2O. The zero-order valence-electron chi connectivity index (χ0n) is 20.0. The number of nitrogens with zero attached hydrogens (tertiary/aromatic N) is 1. The van der Waals surface area contributed by atoms with Gasteiger partial charge in [0, 0.05) is 49.9 Å². The van der Waals surface area contributed by atoms with E-state index >= 15 is 0 Å². The molecule has 0 bridgehead atoms. The molecule has 2 heterocycles. The lowest BCUT2D eigenvalue weighted by molar-refractivity contribution is 0.672. The molecule has 8 aromatic rings. The van der Waals surface area contributed by atoms with Crippen LogP contribution >= 0.6 is 0 Å². The zero-order valence-corrected chi connectivity index (χ0v) is 20.0. The van der Waals surface area contributed by atoms with Crippen molar-refractivity contribution in [3.8, 4) is 0 Å². The minimum atomic E-state index is 0.881. The van der Waals surface area contributed by atoms with Gasteiger partial charge in [-0.25, -0.2) is 0 Å². The topological polar surface area (TPSA) is 32.2 Å². The molecule has 0 aliphatic heterocycles. The van der Waals surface area contributed by atoms with E-state index in [2.05, 4.69) is 137 Å². The van der Waals surface area contributed by atoms with Crippen LogP contribution in [0.3, 0.4) is 0 Å². The van der Waals surface area contributed by atoms with Crippen molar-refractivity contribution >= 4 is 71.6 Å². The molecule has 6 aromatic carbocycles. The number of anilines is 3. The van der Waals surface area contributed by atoms with Crippen LogP contribution in [0.1, 0.15) is 0 Å². The summed E-state index contributed by atoms with van der Waals surface area (Å²) in [6.07, 6.45) is 0. The van der Waals surface area contributed by atoms with E-state index in [9.17, 15) is 0 Å². The SMILES string of the molecule is c1ccc(N(c2ccccc2)c2cc3oc4c(ccc5c6ccccc6[nH]c54)c3c3ccccc23)cc1. The monoisotopic (exact) mass is 474 g/mol. The van der Waals surface area contributed by atoms with Crippen molar-refractivity contribution in [1.29, 1.82) is 0 Å². The van der Waals surface area contributed by atoms with Crippen molar-refractivity contribution < 1.29 is 4.42 Å². The number of H-pyrrole nitrogens is 1. The van der Waals surface area contributed by atoms with E-state index in [-0.39, 0.29) is 0 Å². The third-order valence-electron chi connectivity index (χ3n) is 7.37. The molecule has 0 saturated heterocycles. The van der Waals surface area contributed by atoms with Crippen LogP contribution in [0.25, 0.3) is 54.5 Å². The highest BCUT2D eigenvalue weighted by Crippen LogP contribution is 2.45. The smallest absolute Gasteiger partial charge is 0.159 e. The predicted octanol–water partition coefficient (Wildman–Crippen LogP) is 9.84. The van der Waals surface area contributed by atoms with Crippen molar-refractivity contribution in [2.24, 2.45) is 0 Å². The van der Waals surface area contributed by atoms with Crippen LogP contribution in [0.5, 0.6) is 0 Å². The molecule has 1 N–H and O–H groups in total. The lowest BCUT2D eigenvalue weighted by atomic mass is 10.00. The molecule has 0 aliphatic rings. The van der Waals surface area contributed by atoms with E-state index in [0.717, 1.165) is 50.0 Å². The van der Waals surface area contributed by atoms with Gasteiger partial charge in [-0.05, 0) is 41.8 Å². The van der Waals surface area contributed by atoms with Crippen molar-refractivity contribution in [3.63, 3.8) is 0 Å². The van der Waals surface area contributed by atoms with Gasteiger partial charge in [-0.3, -0.25) is 0 Å². The highest BCUT2D eigenvalue weighted by atomic mass is 16.3. The van der Waals surface area contributed by atoms with E-state index in [0.29, 0.717) is 0 Å². The van der Waals surface area contributed by atoms with E-state index in [1.165, 1.54) is 21.5 Å². The molecule has 3 heteroatoms. The van der Waals surface area contributed by atoms with Crippen molar-refractivity contribution in [1.82, 2.24) is 4.98 Å². The normalized spacial score (nSPS) is 11.8. The second-order valence-electron chi connectivity index (χ2n) is 9.46.